The molecule has 0 amide bonds. The summed E-state index contributed by atoms with van der Waals surface area (Å²) in [5.74, 6) is -0.287. The Kier molecular flexibility index (Phi) is 6.41. The Morgan fingerprint density at radius 2 is 1.82 bits per heavy atom. The van der Waals surface area contributed by atoms with Crippen LogP contribution in [-0.4, -0.2) is 31.6 Å². The lowest BCUT2D eigenvalue weighted by Gasteiger charge is -2.16. The molecule has 11 heavy (non-hydrogen) atoms. The molecular formula is C7H14BrNO2. The van der Waals surface area contributed by atoms with Gasteiger partial charge in [-0.3, -0.25) is 4.79 Å². The minimum absolute atomic E-state index is 0. The van der Waals surface area contributed by atoms with E-state index in [0.717, 1.165) is 0 Å². The van der Waals surface area contributed by atoms with E-state index in [0.29, 0.717) is 4.48 Å². The van der Waals surface area contributed by atoms with Gasteiger partial charge in [0.15, 0.2) is 0 Å². The lowest BCUT2D eigenvalue weighted by molar-refractivity contribution is -0.817. The van der Waals surface area contributed by atoms with Crippen molar-refractivity contribution in [3.63, 3.8) is 0 Å². The van der Waals surface area contributed by atoms with Crippen molar-refractivity contribution >= 4 is 5.97 Å². The summed E-state index contributed by atoms with van der Waals surface area (Å²) in [5, 5.41) is 0. The zero-order valence-corrected chi connectivity index (χ0v) is 8.88. The Labute approximate surface area is 78.0 Å². The minimum Gasteiger partial charge on any atom is -1.00 e. The quantitative estimate of drug-likeness (QED) is 0.300. The van der Waals surface area contributed by atoms with Crippen LogP contribution < -0.4 is 17.0 Å². The van der Waals surface area contributed by atoms with Gasteiger partial charge in [0.05, 0.1) is 21.1 Å². The van der Waals surface area contributed by atoms with E-state index in [1.807, 2.05) is 21.1 Å². The fraction of sp³-hybridized carbons (Fsp3) is 0.571. The molecule has 0 unspecified atom stereocenters. The number of hydrogen-bond donors (Lipinski definition) is 0. The third kappa shape index (κ3) is 12.8. The van der Waals surface area contributed by atoms with Crippen molar-refractivity contribution in [3.05, 3.63) is 12.5 Å². The molecule has 0 aliphatic carbocycles. The maximum atomic E-state index is 10.2. The highest BCUT2D eigenvalue weighted by Gasteiger charge is 1.99. The van der Waals surface area contributed by atoms with Crippen LogP contribution in [0.1, 0.15) is 6.92 Å². The second kappa shape index (κ2) is 5.32. The number of ether oxygens (including phenoxy) is 1. The van der Waals surface area contributed by atoms with Crippen molar-refractivity contribution in [2.45, 2.75) is 6.92 Å². The highest BCUT2D eigenvalue weighted by molar-refractivity contribution is 5.66. The number of rotatable bonds is 2. The first-order valence-electron chi connectivity index (χ1n) is 3.08. The Hall–Kier alpha value is -0.350. The standard InChI is InChI=1S/C7H14NO2.BrH/c1-7(9)10-6-5-8(2,3)4;/h5-6H,1-4H3;1H/q+1;/p-1. The van der Waals surface area contributed by atoms with Gasteiger partial charge in [0.1, 0.15) is 12.5 Å². The van der Waals surface area contributed by atoms with Crippen LogP contribution in [0, 0.1) is 0 Å². The van der Waals surface area contributed by atoms with E-state index < -0.39 is 0 Å². The number of esters is 1. The van der Waals surface area contributed by atoms with Crippen LogP contribution in [-0.2, 0) is 9.53 Å². The van der Waals surface area contributed by atoms with Gasteiger partial charge < -0.3 is 26.2 Å². The third-order valence-corrected chi connectivity index (χ3v) is 0.742. The molecule has 0 atom stereocenters. The average molecular weight is 224 g/mol. The van der Waals surface area contributed by atoms with Crippen molar-refractivity contribution in [2.24, 2.45) is 0 Å². The van der Waals surface area contributed by atoms with Crippen LogP contribution in [0.25, 0.3) is 0 Å². The van der Waals surface area contributed by atoms with Gasteiger partial charge in [-0.25, -0.2) is 0 Å². The number of nitrogens with zero attached hydrogens (tertiary/aromatic N) is 1. The summed E-state index contributed by atoms with van der Waals surface area (Å²) < 4.78 is 5.23. The molecular weight excluding hydrogens is 210 g/mol. The predicted molar refractivity (Wildman–Crippen MR) is 38.9 cm³/mol. The van der Waals surface area contributed by atoms with Gasteiger partial charge in [0.25, 0.3) is 0 Å². The van der Waals surface area contributed by atoms with E-state index in [4.69, 9.17) is 0 Å². The Morgan fingerprint density at radius 3 is 2.09 bits per heavy atom. The van der Waals surface area contributed by atoms with Gasteiger partial charge in [-0.1, -0.05) is 0 Å². The van der Waals surface area contributed by atoms with Crippen molar-refractivity contribution in [1.29, 1.82) is 0 Å². The Morgan fingerprint density at radius 1 is 1.36 bits per heavy atom. The van der Waals surface area contributed by atoms with E-state index in [2.05, 4.69) is 4.74 Å². The van der Waals surface area contributed by atoms with Crippen LogP contribution in [0.5, 0.6) is 0 Å². The first-order chi connectivity index (χ1) is 4.42. The molecule has 0 heterocycles. The molecule has 0 saturated carbocycles. The van der Waals surface area contributed by atoms with Crippen molar-refractivity contribution in [2.75, 3.05) is 21.1 Å². The summed E-state index contributed by atoms with van der Waals surface area (Å²) in [5.41, 5.74) is 0. The summed E-state index contributed by atoms with van der Waals surface area (Å²) in [7, 11) is 5.92. The number of hydrogen-bond acceptors (Lipinski definition) is 2. The predicted octanol–water partition coefficient (Wildman–Crippen LogP) is -2.27. The number of halogens is 1. The van der Waals surface area contributed by atoms with E-state index in [9.17, 15) is 4.79 Å². The molecule has 0 saturated heterocycles. The number of carbonyl (C=O) groups excluding carboxylic acids is 1. The molecule has 0 radical (unpaired) electrons. The van der Waals surface area contributed by atoms with E-state index >= 15 is 0 Å². The van der Waals surface area contributed by atoms with Gasteiger partial charge in [-0.2, -0.15) is 0 Å². The summed E-state index contributed by atoms with van der Waals surface area (Å²) in [6.07, 6.45) is 3.18. The zero-order chi connectivity index (χ0) is 8.20. The molecule has 4 heteroatoms. The first-order valence-corrected chi connectivity index (χ1v) is 3.08. The van der Waals surface area contributed by atoms with Crippen LogP contribution >= 0.6 is 0 Å². The van der Waals surface area contributed by atoms with Crippen LogP contribution in [0.3, 0.4) is 0 Å². The van der Waals surface area contributed by atoms with Crippen LogP contribution in [0.15, 0.2) is 12.5 Å². The van der Waals surface area contributed by atoms with Gasteiger partial charge in [-0.15, -0.1) is 0 Å². The topological polar surface area (TPSA) is 26.3 Å². The molecule has 0 N–H and O–H groups in total. The summed E-state index contributed by atoms with van der Waals surface area (Å²) >= 11 is 0. The fourth-order valence-electron chi connectivity index (χ4n) is 0.309. The van der Waals surface area contributed by atoms with E-state index in [1.165, 1.54) is 13.2 Å². The molecule has 0 aliphatic rings. The Bertz CT molecular complexity index is 149. The second-order valence-corrected chi connectivity index (χ2v) is 3.01. The first kappa shape index (κ1) is 13.3. The SMILES string of the molecule is CC(=O)OC=C[N+](C)(C)C.[Br-]. The highest BCUT2D eigenvalue weighted by atomic mass is 79.9. The normalized spacial score (nSPS) is 10.9. The van der Waals surface area contributed by atoms with Gasteiger partial charge in [0, 0.05) is 6.92 Å². The minimum atomic E-state index is -0.287. The molecule has 0 aromatic rings. The summed E-state index contributed by atoms with van der Waals surface area (Å²) in [6, 6.07) is 0. The average Bonchev–Trinajstić information content (AvgIpc) is 1.59. The molecule has 0 rings (SSSR count). The van der Waals surface area contributed by atoms with Gasteiger partial charge in [0.2, 0.25) is 0 Å². The molecule has 0 fully saturated rings. The molecule has 66 valence electrons. The molecule has 3 nitrogen and oxygen atoms in total. The van der Waals surface area contributed by atoms with Crippen molar-refractivity contribution in [3.8, 4) is 0 Å². The summed E-state index contributed by atoms with van der Waals surface area (Å²) in [6.45, 7) is 1.38. The maximum absolute atomic E-state index is 10.2. The highest BCUT2D eigenvalue weighted by Crippen LogP contribution is 1.91. The smallest absolute Gasteiger partial charge is 0.307 e. The summed E-state index contributed by atoms with van der Waals surface area (Å²) in [4.78, 5) is 10.2. The van der Waals surface area contributed by atoms with Crippen LogP contribution in [0.4, 0.5) is 0 Å². The van der Waals surface area contributed by atoms with Gasteiger partial charge in [-0.05, 0) is 0 Å². The molecule has 0 spiro atoms. The van der Waals surface area contributed by atoms with Crippen molar-refractivity contribution in [1.82, 2.24) is 0 Å². The molecule has 0 aliphatic heterocycles. The second-order valence-electron chi connectivity index (χ2n) is 3.01. The molecule has 0 aromatic carbocycles. The number of carbonyl (C=O) groups is 1. The van der Waals surface area contributed by atoms with E-state index in [1.54, 1.807) is 6.20 Å². The maximum Gasteiger partial charge on any atom is 0.307 e. The molecule has 0 bridgehead atoms. The molecule has 0 aromatic heterocycles. The number of quaternary nitrogens is 1. The Balaban J connectivity index is 0. The monoisotopic (exact) mass is 223 g/mol. The largest absolute Gasteiger partial charge is 1.00 e. The van der Waals surface area contributed by atoms with Crippen molar-refractivity contribution < 1.29 is 31.0 Å². The van der Waals surface area contributed by atoms with Crippen LogP contribution in [0.2, 0.25) is 0 Å². The lowest BCUT2D eigenvalue weighted by Crippen LogP contribution is -3.00. The fourth-order valence-corrected chi connectivity index (χ4v) is 0.309. The third-order valence-electron chi connectivity index (χ3n) is 0.742. The van der Waals surface area contributed by atoms with E-state index in [-0.39, 0.29) is 23.0 Å². The lowest BCUT2D eigenvalue weighted by atomic mass is 10.7. The van der Waals surface area contributed by atoms with Gasteiger partial charge >= 0.3 is 5.97 Å². The zero-order valence-electron chi connectivity index (χ0n) is 7.30.